The third-order valence-corrected chi connectivity index (χ3v) is 4.59. The molecule has 1 aliphatic rings. The molecule has 3 heteroatoms. The van der Waals surface area contributed by atoms with Crippen LogP contribution in [0, 0.1) is 0 Å². The summed E-state index contributed by atoms with van der Waals surface area (Å²) < 4.78 is 0. The fraction of sp³-hybridized carbons (Fsp3) is 0.400. The van der Waals surface area contributed by atoms with E-state index in [0.717, 1.165) is 39.1 Å². The van der Waals surface area contributed by atoms with Crippen LogP contribution in [0.5, 0.6) is 0 Å². The zero-order valence-electron chi connectivity index (χ0n) is 13.6. The van der Waals surface area contributed by atoms with E-state index in [1.54, 1.807) is 0 Å². The minimum absolute atomic E-state index is 0.210. The number of hydrogen-bond donors (Lipinski definition) is 1. The van der Waals surface area contributed by atoms with E-state index in [9.17, 15) is 5.11 Å². The first-order valence-corrected chi connectivity index (χ1v) is 8.50. The Morgan fingerprint density at radius 2 is 1.43 bits per heavy atom. The van der Waals surface area contributed by atoms with Crippen LogP contribution in [0.25, 0.3) is 0 Å². The molecule has 3 rings (SSSR count). The maximum atomic E-state index is 9.88. The lowest BCUT2D eigenvalue weighted by Crippen LogP contribution is -2.42. The van der Waals surface area contributed by atoms with Gasteiger partial charge in [0.15, 0.2) is 0 Å². The van der Waals surface area contributed by atoms with Crippen molar-refractivity contribution in [1.82, 2.24) is 9.80 Å². The Morgan fingerprint density at radius 3 is 2.04 bits per heavy atom. The van der Waals surface area contributed by atoms with Crippen LogP contribution in [0.2, 0.25) is 0 Å². The summed E-state index contributed by atoms with van der Waals surface area (Å²) in [6.45, 7) is 5.18. The molecule has 0 bridgehead atoms. The van der Waals surface area contributed by atoms with Crippen LogP contribution in [0.15, 0.2) is 60.7 Å². The summed E-state index contributed by atoms with van der Waals surface area (Å²) in [6.07, 6.45) is 1.15. The summed E-state index contributed by atoms with van der Waals surface area (Å²) in [4.78, 5) is 4.90. The van der Waals surface area contributed by atoms with Gasteiger partial charge in [-0.2, -0.15) is 0 Å². The van der Waals surface area contributed by atoms with Gasteiger partial charge in [-0.25, -0.2) is 0 Å². The van der Waals surface area contributed by atoms with Crippen LogP contribution in [-0.4, -0.2) is 47.2 Å². The van der Waals surface area contributed by atoms with Crippen molar-refractivity contribution in [1.29, 1.82) is 0 Å². The highest BCUT2D eigenvalue weighted by atomic mass is 16.3. The molecule has 0 aromatic heterocycles. The topological polar surface area (TPSA) is 26.7 Å². The van der Waals surface area contributed by atoms with Crippen molar-refractivity contribution in [2.45, 2.75) is 25.6 Å². The van der Waals surface area contributed by atoms with Crippen LogP contribution in [-0.2, 0) is 13.1 Å². The summed E-state index contributed by atoms with van der Waals surface area (Å²) in [6, 6.07) is 21.4. The fourth-order valence-electron chi connectivity index (χ4n) is 3.37. The summed E-state index contributed by atoms with van der Waals surface area (Å²) in [5.74, 6) is 0. The average molecular weight is 310 g/mol. The van der Waals surface area contributed by atoms with E-state index in [-0.39, 0.29) is 12.6 Å². The molecule has 0 amide bonds. The molecule has 122 valence electrons. The van der Waals surface area contributed by atoms with E-state index in [4.69, 9.17) is 0 Å². The summed E-state index contributed by atoms with van der Waals surface area (Å²) in [5.41, 5.74) is 2.67. The molecule has 0 saturated carbocycles. The first kappa shape index (κ1) is 16.2. The van der Waals surface area contributed by atoms with Gasteiger partial charge in [0.05, 0.1) is 6.61 Å². The lowest BCUT2D eigenvalue weighted by molar-refractivity contribution is 0.105. The molecular weight excluding hydrogens is 284 g/mol. The van der Waals surface area contributed by atoms with Gasteiger partial charge in [-0.15, -0.1) is 0 Å². The fourth-order valence-corrected chi connectivity index (χ4v) is 3.37. The molecule has 0 aliphatic carbocycles. The van der Waals surface area contributed by atoms with Crippen molar-refractivity contribution in [3.63, 3.8) is 0 Å². The van der Waals surface area contributed by atoms with E-state index >= 15 is 0 Å². The van der Waals surface area contributed by atoms with Gasteiger partial charge in [-0.1, -0.05) is 60.7 Å². The number of nitrogens with zero attached hydrogens (tertiary/aromatic N) is 2. The Morgan fingerprint density at radius 1 is 0.826 bits per heavy atom. The van der Waals surface area contributed by atoms with E-state index < -0.39 is 0 Å². The Bertz CT molecular complexity index is 573. The van der Waals surface area contributed by atoms with E-state index in [2.05, 4.69) is 70.5 Å². The molecule has 23 heavy (non-hydrogen) atoms. The van der Waals surface area contributed by atoms with Gasteiger partial charge in [0, 0.05) is 32.2 Å². The lowest BCUT2D eigenvalue weighted by Gasteiger charge is -2.30. The van der Waals surface area contributed by atoms with Gasteiger partial charge >= 0.3 is 0 Å². The molecule has 1 saturated heterocycles. The summed E-state index contributed by atoms with van der Waals surface area (Å²) in [5, 5.41) is 9.88. The molecule has 2 aromatic rings. The van der Waals surface area contributed by atoms with Crippen molar-refractivity contribution < 1.29 is 5.11 Å². The molecule has 3 nitrogen and oxygen atoms in total. The number of benzene rings is 2. The highest BCUT2D eigenvalue weighted by Crippen LogP contribution is 2.16. The molecule has 0 spiro atoms. The quantitative estimate of drug-likeness (QED) is 0.920. The number of aliphatic hydroxyl groups is 1. The Balaban J connectivity index is 1.64. The summed E-state index contributed by atoms with van der Waals surface area (Å²) >= 11 is 0. The Kier molecular flexibility index (Phi) is 5.81. The van der Waals surface area contributed by atoms with Gasteiger partial charge in [-0.3, -0.25) is 9.80 Å². The van der Waals surface area contributed by atoms with Crippen LogP contribution < -0.4 is 0 Å². The zero-order valence-corrected chi connectivity index (χ0v) is 13.6. The van der Waals surface area contributed by atoms with Gasteiger partial charge < -0.3 is 5.11 Å². The number of rotatable bonds is 5. The molecular formula is C20H26N2O. The minimum Gasteiger partial charge on any atom is -0.395 e. The normalized spacial score (nSPS) is 20.3. The smallest absolute Gasteiger partial charge is 0.0599 e. The molecule has 0 unspecified atom stereocenters. The third-order valence-electron chi connectivity index (χ3n) is 4.59. The van der Waals surface area contributed by atoms with Gasteiger partial charge in [0.2, 0.25) is 0 Å². The van der Waals surface area contributed by atoms with Crippen LogP contribution >= 0.6 is 0 Å². The Hall–Kier alpha value is -1.68. The molecule has 1 atom stereocenters. The summed E-state index contributed by atoms with van der Waals surface area (Å²) in [7, 11) is 0. The molecule has 1 heterocycles. The minimum atomic E-state index is 0.210. The maximum absolute atomic E-state index is 9.88. The van der Waals surface area contributed by atoms with Gasteiger partial charge in [0.1, 0.15) is 0 Å². The molecule has 1 aliphatic heterocycles. The number of aliphatic hydroxyl groups excluding tert-OH is 1. The number of hydrogen-bond acceptors (Lipinski definition) is 3. The standard InChI is InChI=1S/C20H26N2O/c23-17-20-16-21(14-18-8-3-1-4-9-18)12-7-13-22(20)15-19-10-5-2-6-11-19/h1-6,8-11,20,23H,7,12-17H2/t20-/m0/s1. The lowest BCUT2D eigenvalue weighted by atomic mass is 10.1. The van der Waals surface area contributed by atoms with Crippen molar-refractivity contribution in [2.75, 3.05) is 26.2 Å². The highest BCUT2D eigenvalue weighted by Gasteiger charge is 2.24. The second kappa shape index (κ2) is 8.25. The van der Waals surface area contributed by atoms with Crippen molar-refractivity contribution in [3.8, 4) is 0 Å². The average Bonchev–Trinajstić information content (AvgIpc) is 2.79. The van der Waals surface area contributed by atoms with E-state index in [1.165, 1.54) is 11.1 Å². The van der Waals surface area contributed by atoms with Gasteiger partial charge in [0.25, 0.3) is 0 Å². The zero-order chi connectivity index (χ0) is 15.9. The van der Waals surface area contributed by atoms with Crippen molar-refractivity contribution >= 4 is 0 Å². The van der Waals surface area contributed by atoms with Crippen molar-refractivity contribution in [2.24, 2.45) is 0 Å². The molecule has 2 aromatic carbocycles. The van der Waals surface area contributed by atoms with Crippen LogP contribution in [0.1, 0.15) is 17.5 Å². The predicted molar refractivity (Wildman–Crippen MR) is 94.1 cm³/mol. The van der Waals surface area contributed by atoms with E-state index in [0.29, 0.717) is 0 Å². The predicted octanol–water partition coefficient (Wildman–Crippen LogP) is 2.76. The van der Waals surface area contributed by atoms with Crippen LogP contribution in [0.3, 0.4) is 0 Å². The second-order valence-corrected chi connectivity index (χ2v) is 6.37. The third kappa shape index (κ3) is 4.64. The highest BCUT2D eigenvalue weighted by molar-refractivity contribution is 5.15. The molecule has 1 fully saturated rings. The van der Waals surface area contributed by atoms with E-state index in [1.807, 2.05) is 0 Å². The first-order chi connectivity index (χ1) is 11.3. The SMILES string of the molecule is OC[C@@H]1CN(Cc2ccccc2)CCCN1Cc1ccccc1. The first-order valence-electron chi connectivity index (χ1n) is 8.50. The van der Waals surface area contributed by atoms with Crippen molar-refractivity contribution in [3.05, 3.63) is 71.8 Å². The molecule has 1 N–H and O–H groups in total. The van der Waals surface area contributed by atoms with Gasteiger partial charge in [-0.05, 0) is 24.1 Å². The van der Waals surface area contributed by atoms with Crippen LogP contribution in [0.4, 0.5) is 0 Å². The largest absolute Gasteiger partial charge is 0.395 e. The maximum Gasteiger partial charge on any atom is 0.0599 e. The second-order valence-electron chi connectivity index (χ2n) is 6.37. The Labute approximate surface area is 139 Å². The monoisotopic (exact) mass is 310 g/mol. The molecule has 0 radical (unpaired) electrons.